The van der Waals surface area contributed by atoms with Crippen molar-refractivity contribution in [3.05, 3.63) is 17.0 Å². The molecule has 1 aromatic heterocycles. The van der Waals surface area contributed by atoms with Crippen LogP contribution in [0.2, 0.25) is 5.15 Å². The average Bonchev–Trinajstić information content (AvgIpc) is 2.95. The maximum absolute atomic E-state index is 5.90. The van der Waals surface area contributed by atoms with Gasteiger partial charge in [0.2, 0.25) is 0 Å². The van der Waals surface area contributed by atoms with Crippen LogP contribution in [0, 0.1) is 12.8 Å². The molecule has 0 bridgehead atoms. The number of anilines is 1. The molecule has 1 fully saturated rings. The van der Waals surface area contributed by atoms with E-state index in [1.807, 2.05) is 6.92 Å². The molecule has 1 heterocycles. The molecule has 0 saturated heterocycles. The number of hydrogen-bond acceptors (Lipinski definition) is 3. The largest absolute Gasteiger partial charge is 0.367 e. The summed E-state index contributed by atoms with van der Waals surface area (Å²) in [5.74, 6) is 1.67. The first-order valence-electron chi connectivity index (χ1n) is 4.92. The summed E-state index contributed by atoms with van der Waals surface area (Å²) in [6.07, 6.45) is 4.15. The Balaban J connectivity index is 2.11. The summed E-state index contributed by atoms with van der Waals surface area (Å²) in [7, 11) is 0. The number of aromatic nitrogens is 2. The highest BCUT2D eigenvalue weighted by Gasteiger charge is 2.28. The van der Waals surface area contributed by atoms with Crippen LogP contribution in [0.25, 0.3) is 0 Å². The van der Waals surface area contributed by atoms with Gasteiger partial charge in [0.15, 0.2) is 0 Å². The quantitative estimate of drug-likeness (QED) is 0.782. The average molecular weight is 212 g/mol. The van der Waals surface area contributed by atoms with E-state index >= 15 is 0 Å². The molecule has 14 heavy (non-hydrogen) atoms. The SMILES string of the molecule is Cc1c(Cl)ncnc1NC(C)C1CC1. The van der Waals surface area contributed by atoms with E-state index in [0.717, 1.165) is 17.3 Å². The van der Waals surface area contributed by atoms with Crippen LogP contribution in [0.3, 0.4) is 0 Å². The van der Waals surface area contributed by atoms with Crippen molar-refractivity contribution in [2.45, 2.75) is 32.7 Å². The Kier molecular flexibility index (Phi) is 2.59. The van der Waals surface area contributed by atoms with Crippen LogP contribution in [0.15, 0.2) is 6.33 Å². The highest BCUT2D eigenvalue weighted by atomic mass is 35.5. The molecule has 0 aliphatic heterocycles. The van der Waals surface area contributed by atoms with E-state index in [1.165, 1.54) is 19.2 Å². The summed E-state index contributed by atoms with van der Waals surface area (Å²) in [5.41, 5.74) is 0.932. The van der Waals surface area contributed by atoms with Crippen LogP contribution < -0.4 is 5.32 Å². The van der Waals surface area contributed by atoms with Crippen molar-refractivity contribution >= 4 is 17.4 Å². The first kappa shape index (κ1) is 9.71. The van der Waals surface area contributed by atoms with E-state index in [-0.39, 0.29) is 0 Å². The standard InChI is InChI=1S/C10H14ClN3/c1-6-9(11)12-5-13-10(6)14-7(2)8-3-4-8/h5,7-8H,3-4H2,1-2H3,(H,12,13,14). The summed E-state index contributed by atoms with van der Waals surface area (Å²) in [6.45, 7) is 4.12. The Bertz CT molecular complexity index is 336. The molecule has 0 spiro atoms. The lowest BCUT2D eigenvalue weighted by Crippen LogP contribution is -2.19. The van der Waals surface area contributed by atoms with Gasteiger partial charge in [-0.2, -0.15) is 0 Å². The molecule has 4 heteroatoms. The Morgan fingerprint density at radius 1 is 1.50 bits per heavy atom. The van der Waals surface area contributed by atoms with Crippen molar-refractivity contribution in [2.75, 3.05) is 5.32 Å². The highest BCUT2D eigenvalue weighted by Crippen LogP contribution is 2.34. The lowest BCUT2D eigenvalue weighted by Gasteiger charge is -2.15. The van der Waals surface area contributed by atoms with Gasteiger partial charge < -0.3 is 5.32 Å². The minimum Gasteiger partial charge on any atom is -0.367 e. The van der Waals surface area contributed by atoms with Gasteiger partial charge in [0.1, 0.15) is 17.3 Å². The van der Waals surface area contributed by atoms with Crippen LogP contribution in [-0.4, -0.2) is 16.0 Å². The van der Waals surface area contributed by atoms with Gasteiger partial charge in [-0.3, -0.25) is 0 Å². The van der Waals surface area contributed by atoms with Gasteiger partial charge in [-0.25, -0.2) is 9.97 Å². The molecule has 1 unspecified atom stereocenters. The summed E-state index contributed by atoms with van der Waals surface area (Å²) >= 11 is 5.90. The molecular weight excluding hydrogens is 198 g/mol. The van der Waals surface area contributed by atoms with Gasteiger partial charge in [0.25, 0.3) is 0 Å². The van der Waals surface area contributed by atoms with E-state index in [2.05, 4.69) is 22.2 Å². The van der Waals surface area contributed by atoms with E-state index in [4.69, 9.17) is 11.6 Å². The first-order chi connectivity index (χ1) is 6.68. The van der Waals surface area contributed by atoms with E-state index in [1.54, 1.807) is 0 Å². The zero-order chi connectivity index (χ0) is 10.1. The molecule has 1 atom stereocenters. The number of halogens is 1. The molecule has 3 nitrogen and oxygen atoms in total. The number of hydrogen-bond donors (Lipinski definition) is 1. The Morgan fingerprint density at radius 3 is 2.86 bits per heavy atom. The molecule has 0 amide bonds. The van der Waals surface area contributed by atoms with Crippen LogP contribution >= 0.6 is 11.6 Å². The first-order valence-corrected chi connectivity index (χ1v) is 5.30. The third-order valence-corrected chi connectivity index (χ3v) is 3.10. The molecule has 1 saturated carbocycles. The van der Waals surface area contributed by atoms with Gasteiger partial charge in [-0.05, 0) is 32.6 Å². The predicted octanol–water partition coefficient (Wildman–Crippen LogP) is 2.65. The minimum atomic E-state index is 0.486. The minimum absolute atomic E-state index is 0.486. The van der Waals surface area contributed by atoms with Crippen molar-refractivity contribution < 1.29 is 0 Å². The third-order valence-electron chi connectivity index (χ3n) is 2.72. The van der Waals surface area contributed by atoms with E-state index < -0.39 is 0 Å². The molecule has 0 aromatic carbocycles. The van der Waals surface area contributed by atoms with Gasteiger partial charge in [-0.15, -0.1) is 0 Å². The third kappa shape index (κ3) is 1.98. The Morgan fingerprint density at radius 2 is 2.21 bits per heavy atom. The molecule has 1 aromatic rings. The second kappa shape index (κ2) is 3.73. The summed E-state index contributed by atoms with van der Waals surface area (Å²) < 4.78 is 0. The fraction of sp³-hybridized carbons (Fsp3) is 0.600. The summed E-state index contributed by atoms with van der Waals surface area (Å²) in [5, 5.41) is 3.91. The fourth-order valence-corrected chi connectivity index (χ4v) is 1.64. The second-order valence-corrected chi connectivity index (χ2v) is 4.27. The lowest BCUT2D eigenvalue weighted by molar-refractivity contribution is 0.689. The van der Waals surface area contributed by atoms with Crippen molar-refractivity contribution in [1.82, 2.24) is 9.97 Å². The zero-order valence-corrected chi connectivity index (χ0v) is 9.17. The van der Waals surface area contributed by atoms with E-state index in [9.17, 15) is 0 Å². The van der Waals surface area contributed by atoms with Crippen LogP contribution in [0.5, 0.6) is 0 Å². The van der Waals surface area contributed by atoms with Gasteiger partial charge in [0.05, 0.1) is 0 Å². The van der Waals surface area contributed by atoms with Gasteiger partial charge >= 0.3 is 0 Å². The van der Waals surface area contributed by atoms with E-state index in [0.29, 0.717) is 11.2 Å². The molecule has 76 valence electrons. The summed E-state index contributed by atoms with van der Waals surface area (Å²) in [6, 6.07) is 0.486. The van der Waals surface area contributed by atoms with Crippen LogP contribution in [0.1, 0.15) is 25.3 Å². The smallest absolute Gasteiger partial charge is 0.137 e. The Hall–Kier alpha value is -0.830. The maximum Gasteiger partial charge on any atom is 0.137 e. The molecule has 2 rings (SSSR count). The van der Waals surface area contributed by atoms with Crippen molar-refractivity contribution in [2.24, 2.45) is 5.92 Å². The molecule has 1 aliphatic rings. The highest BCUT2D eigenvalue weighted by molar-refractivity contribution is 6.30. The lowest BCUT2D eigenvalue weighted by atomic mass is 10.2. The predicted molar refractivity (Wildman–Crippen MR) is 57.6 cm³/mol. The van der Waals surface area contributed by atoms with Crippen LogP contribution in [-0.2, 0) is 0 Å². The fourth-order valence-electron chi connectivity index (χ4n) is 1.50. The summed E-state index contributed by atoms with van der Waals surface area (Å²) in [4.78, 5) is 8.10. The van der Waals surface area contributed by atoms with Crippen molar-refractivity contribution in [3.63, 3.8) is 0 Å². The zero-order valence-electron chi connectivity index (χ0n) is 8.42. The number of nitrogens with one attached hydrogen (secondary N) is 1. The molecule has 1 N–H and O–H groups in total. The van der Waals surface area contributed by atoms with Crippen molar-refractivity contribution in [3.8, 4) is 0 Å². The molecule has 1 aliphatic carbocycles. The van der Waals surface area contributed by atoms with Crippen molar-refractivity contribution in [1.29, 1.82) is 0 Å². The van der Waals surface area contributed by atoms with Gasteiger partial charge in [0, 0.05) is 11.6 Å². The Labute approximate surface area is 88.9 Å². The maximum atomic E-state index is 5.90. The molecular formula is C10H14ClN3. The monoisotopic (exact) mass is 211 g/mol. The molecule has 0 radical (unpaired) electrons. The van der Waals surface area contributed by atoms with Crippen LogP contribution in [0.4, 0.5) is 5.82 Å². The topological polar surface area (TPSA) is 37.8 Å². The second-order valence-electron chi connectivity index (χ2n) is 3.91. The normalized spacial score (nSPS) is 17.9. The van der Waals surface area contributed by atoms with Gasteiger partial charge in [-0.1, -0.05) is 11.6 Å². The number of rotatable bonds is 3. The number of nitrogens with zero attached hydrogens (tertiary/aromatic N) is 2.